The molecule has 0 aliphatic heterocycles. The Morgan fingerprint density at radius 1 is 1.40 bits per heavy atom. The summed E-state index contributed by atoms with van der Waals surface area (Å²) in [6.45, 7) is 0. The summed E-state index contributed by atoms with van der Waals surface area (Å²) in [5.74, 6) is 0.375. The maximum absolute atomic E-state index is 8.42. The highest BCUT2D eigenvalue weighted by molar-refractivity contribution is 6.17. The number of benzene rings is 1. The molecule has 0 N–H and O–H groups in total. The summed E-state index contributed by atoms with van der Waals surface area (Å²) in [5.41, 5.74) is 1.38. The molecular weight excluding hydrogens is 148 g/mol. The third kappa shape index (κ3) is 1.26. The van der Waals surface area contributed by atoms with Crippen LogP contribution < -0.4 is 0 Å². The highest BCUT2D eigenvalue weighted by Crippen LogP contribution is 2.19. The standard InChI is InChI=1S/C7H6ClN2/c8-5-6-3-1-2-4-7(6)10-9/h1-4H,5H2/q+1. The normalized spacial score (nSPS) is 8.80. The van der Waals surface area contributed by atoms with Gasteiger partial charge >= 0.3 is 5.69 Å². The molecule has 0 bridgehead atoms. The van der Waals surface area contributed by atoms with Crippen LogP contribution in [0.1, 0.15) is 5.56 Å². The van der Waals surface area contributed by atoms with Crippen LogP contribution >= 0.6 is 11.6 Å². The molecule has 0 unspecified atom stereocenters. The fourth-order valence-corrected chi connectivity index (χ4v) is 0.947. The van der Waals surface area contributed by atoms with Gasteiger partial charge in [-0.3, -0.25) is 0 Å². The number of nitrogens with zero attached hydrogens (tertiary/aromatic N) is 2. The van der Waals surface area contributed by atoms with Gasteiger partial charge in [-0.2, -0.15) is 0 Å². The minimum absolute atomic E-state index is 0.375. The van der Waals surface area contributed by atoms with Crippen molar-refractivity contribution in [3.63, 3.8) is 0 Å². The summed E-state index contributed by atoms with van der Waals surface area (Å²) in [5, 5.41) is 8.42. The first-order chi connectivity index (χ1) is 4.88. The van der Waals surface area contributed by atoms with Gasteiger partial charge in [0.1, 0.15) is 0 Å². The van der Waals surface area contributed by atoms with Gasteiger partial charge in [0.15, 0.2) is 4.98 Å². The van der Waals surface area contributed by atoms with Gasteiger partial charge in [0.05, 0.1) is 11.4 Å². The van der Waals surface area contributed by atoms with Crippen LogP contribution in [-0.2, 0) is 5.88 Å². The predicted octanol–water partition coefficient (Wildman–Crippen LogP) is 2.91. The zero-order valence-corrected chi connectivity index (χ0v) is 6.04. The lowest BCUT2D eigenvalue weighted by Crippen LogP contribution is -1.74. The van der Waals surface area contributed by atoms with Crippen molar-refractivity contribution in [1.82, 2.24) is 0 Å². The molecule has 3 heteroatoms. The molecule has 1 aromatic rings. The first-order valence-electron chi connectivity index (χ1n) is 2.87. The van der Waals surface area contributed by atoms with Crippen molar-refractivity contribution in [2.75, 3.05) is 0 Å². The molecule has 0 fully saturated rings. The first-order valence-corrected chi connectivity index (χ1v) is 3.41. The number of hydrogen-bond donors (Lipinski definition) is 0. The summed E-state index contributed by atoms with van der Waals surface area (Å²) in [6, 6.07) is 7.18. The Hall–Kier alpha value is -1.07. The topological polar surface area (TPSA) is 28.1 Å². The number of hydrogen-bond acceptors (Lipinski definition) is 1. The lowest BCUT2D eigenvalue weighted by Gasteiger charge is -1.85. The summed E-state index contributed by atoms with van der Waals surface area (Å²) in [4.78, 5) is 3.06. The molecule has 2 nitrogen and oxygen atoms in total. The van der Waals surface area contributed by atoms with E-state index >= 15 is 0 Å². The van der Waals surface area contributed by atoms with E-state index in [1.165, 1.54) is 0 Å². The Morgan fingerprint density at radius 2 is 2.10 bits per heavy atom. The van der Waals surface area contributed by atoms with Crippen LogP contribution in [-0.4, -0.2) is 0 Å². The Kier molecular flexibility index (Phi) is 2.24. The molecule has 10 heavy (non-hydrogen) atoms. The fourth-order valence-electron chi connectivity index (χ4n) is 0.721. The molecule has 0 radical (unpaired) electrons. The third-order valence-electron chi connectivity index (χ3n) is 1.24. The van der Waals surface area contributed by atoms with E-state index in [0.717, 1.165) is 5.56 Å². The number of halogens is 1. The van der Waals surface area contributed by atoms with E-state index in [-0.39, 0.29) is 0 Å². The average Bonchev–Trinajstić information content (AvgIpc) is 2.04. The molecule has 0 atom stereocenters. The molecule has 1 rings (SSSR count). The monoisotopic (exact) mass is 153 g/mol. The van der Waals surface area contributed by atoms with Crippen molar-refractivity contribution in [2.24, 2.45) is 0 Å². The summed E-state index contributed by atoms with van der Waals surface area (Å²) in [7, 11) is 0. The molecule has 0 aliphatic rings. The second-order valence-corrected chi connectivity index (χ2v) is 2.13. The van der Waals surface area contributed by atoms with Crippen LogP contribution in [0.2, 0.25) is 0 Å². The van der Waals surface area contributed by atoms with Gasteiger partial charge in [0, 0.05) is 6.07 Å². The minimum Gasteiger partial charge on any atom is -0.121 e. The van der Waals surface area contributed by atoms with Gasteiger partial charge < -0.3 is 0 Å². The van der Waals surface area contributed by atoms with Crippen LogP contribution in [0.15, 0.2) is 24.3 Å². The zero-order valence-electron chi connectivity index (χ0n) is 5.29. The number of diazo groups is 1. The lowest BCUT2D eigenvalue weighted by molar-refractivity contribution is 1.38. The zero-order chi connectivity index (χ0) is 7.40. The van der Waals surface area contributed by atoms with Crippen molar-refractivity contribution in [3.8, 4) is 0 Å². The van der Waals surface area contributed by atoms with E-state index in [9.17, 15) is 0 Å². The molecule has 0 saturated carbocycles. The highest BCUT2D eigenvalue weighted by atomic mass is 35.5. The van der Waals surface area contributed by atoms with Crippen molar-refractivity contribution >= 4 is 17.3 Å². The quantitative estimate of drug-likeness (QED) is 0.450. The number of rotatable bonds is 1. The SMILES string of the molecule is N#[N+]c1ccccc1CCl. The maximum atomic E-state index is 8.42. The molecule has 0 aliphatic carbocycles. The summed E-state index contributed by atoms with van der Waals surface area (Å²) >= 11 is 5.54. The van der Waals surface area contributed by atoms with E-state index in [1.807, 2.05) is 12.1 Å². The van der Waals surface area contributed by atoms with E-state index in [0.29, 0.717) is 11.6 Å². The molecule has 50 valence electrons. The molecule has 0 aromatic heterocycles. The molecule has 0 heterocycles. The smallest absolute Gasteiger partial charge is 0.121 e. The van der Waals surface area contributed by atoms with Crippen molar-refractivity contribution in [2.45, 2.75) is 5.88 Å². The van der Waals surface area contributed by atoms with Gasteiger partial charge in [0.2, 0.25) is 5.39 Å². The van der Waals surface area contributed by atoms with Gasteiger partial charge in [-0.05, 0) is 6.07 Å². The lowest BCUT2D eigenvalue weighted by atomic mass is 10.2. The Balaban J connectivity index is 3.12. The molecule has 0 amide bonds. The maximum Gasteiger partial charge on any atom is 0.389 e. The predicted molar refractivity (Wildman–Crippen MR) is 40.7 cm³/mol. The second-order valence-electron chi connectivity index (χ2n) is 1.86. The van der Waals surface area contributed by atoms with Crippen molar-refractivity contribution in [1.29, 1.82) is 5.39 Å². The van der Waals surface area contributed by atoms with E-state index in [4.69, 9.17) is 17.0 Å². The fraction of sp³-hybridized carbons (Fsp3) is 0.143. The van der Waals surface area contributed by atoms with Crippen molar-refractivity contribution in [3.05, 3.63) is 34.8 Å². The Bertz CT molecular complexity index is 265. The second kappa shape index (κ2) is 3.19. The van der Waals surface area contributed by atoms with Crippen LogP contribution in [0, 0.1) is 5.39 Å². The first kappa shape index (κ1) is 7.04. The van der Waals surface area contributed by atoms with E-state index in [1.54, 1.807) is 12.1 Å². The van der Waals surface area contributed by atoms with Crippen LogP contribution in [0.3, 0.4) is 0 Å². The van der Waals surface area contributed by atoms with E-state index in [2.05, 4.69) is 4.98 Å². The van der Waals surface area contributed by atoms with Gasteiger partial charge in [0.25, 0.3) is 0 Å². The summed E-state index contributed by atoms with van der Waals surface area (Å²) < 4.78 is 0. The van der Waals surface area contributed by atoms with E-state index < -0.39 is 0 Å². The van der Waals surface area contributed by atoms with Gasteiger partial charge in [-0.1, -0.05) is 12.1 Å². The third-order valence-corrected chi connectivity index (χ3v) is 1.53. The Morgan fingerprint density at radius 3 is 2.60 bits per heavy atom. The highest BCUT2D eigenvalue weighted by Gasteiger charge is 2.09. The molecule has 0 spiro atoms. The van der Waals surface area contributed by atoms with Crippen LogP contribution in [0.25, 0.3) is 4.98 Å². The van der Waals surface area contributed by atoms with Gasteiger partial charge in [-0.15, -0.1) is 11.6 Å². The average molecular weight is 154 g/mol. The van der Waals surface area contributed by atoms with Crippen molar-refractivity contribution < 1.29 is 0 Å². The molecular formula is C7H6ClN2+. The Labute approximate surface area is 64.1 Å². The van der Waals surface area contributed by atoms with Gasteiger partial charge in [-0.25, -0.2) is 0 Å². The minimum atomic E-state index is 0.375. The molecule has 0 saturated heterocycles. The molecule has 1 aromatic carbocycles. The number of alkyl halides is 1. The van der Waals surface area contributed by atoms with Crippen LogP contribution in [0.4, 0.5) is 5.69 Å². The van der Waals surface area contributed by atoms with Crippen LogP contribution in [0.5, 0.6) is 0 Å². The largest absolute Gasteiger partial charge is 0.389 e. The summed E-state index contributed by atoms with van der Waals surface area (Å²) in [6.07, 6.45) is 0.